The van der Waals surface area contributed by atoms with E-state index in [2.05, 4.69) is 6.07 Å². The number of esters is 1. The summed E-state index contributed by atoms with van der Waals surface area (Å²) in [5.74, 6) is 0.143. The maximum absolute atomic E-state index is 13.0. The van der Waals surface area contributed by atoms with E-state index in [4.69, 9.17) is 43.1 Å². The molecule has 0 radical (unpaired) electrons. The number of hydrogen-bond acceptors (Lipinski definition) is 7. The number of nitrogens with two attached hydrogens (primary N) is 1. The average Bonchev–Trinajstić information content (AvgIpc) is 3.31. The Morgan fingerprint density at radius 3 is 2.61 bits per heavy atom. The Balaban J connectivity index is 1.28. The lowest BCUT2D eigenvalue weighted by Crippen LogP contribution is -2.21. The van der Waals surface area contributed by atoms with Crippen molar-refractivity contribution in [3.8, 4) is 23.3 Å². The van der Waals surface area contributed by atoms with E-state index >= 15 is 0 Å². The zero-order valence-corrected chi connectivity index (χ0v) is 23.6. The fraction of sp³-hybridized carbons (Fsp3) is 0.0625. The number of nitriles is 1. The molecule has 6 rings (SSSR count). The van der Waals surface area contributed by atoms with Gasteiger partial charge < -0.3 is 19.9 Å². The Hall–Kier alpha value is -4.48. The van der Waals surface area contributed by atoms with Crippen molar-refractivity contribution in [3.63, 3.8) is 0 Å². The van der Waals surface area contributed by atoms with Crippen molar-refractivity contribution < 1.29 is 19.0 Å². The van der Waals surface area contributed by atoms with E-state index in [-0.39, 0.29) is 22.1 Å². The molecule has 2 heterocycles. The van der Waals surface area contributed by atoms with Gasteiger partial charge in [0.2, 0.25) is 5.88 Å². The SMILES string of the molecule is N#CC1=C(N)Oc2cc(OC(=O)c3sc4cc(Cl)ccc4c3Cl)ccc2C1c1cccc(OCc2ccccc2)c1. The number of carbonyl (C=O) groups is 1. The zero-order valence-electron chi connectivity index (χ0n) is 21.3. The molecule has 0 aliphatic carbocycles. The molecule has 0 saturated heterocycles. The number of fused-ring (bicyclic) bond motifs is 2. The maximum Gasteiger partial charge on any atom is 0.355 e. The summed E-state index contributed by atoms with van der Waals surface area (Å²) >= 11 is 13.8. The third-order valence-electron chi connectivity index (χ3n) is 6.62. The van der Waals surface area contributed by atoms with Crippen LogP contribution >= 0.6 is 34.5 Å². The van der Waals surface area contributed by atoms with E-state index in [1.807, 2.05) is 54.6 Å². The summed E-state index contributed by atoms with van der Waals surface area (Å²) in [6, 6.07) is 29.8. The molecule has 2 N–H and O–H groups in total. The monoisotopic (exact) mass is 598 g/mol. The molecular formula is C32H20Cl2N2O4S. The lowest BCUT2D eigenvalue weighted by Gasteiger charge is -2.27. The molecule has 9 heteroatoms. The van der Waals surface area contributed by atoms with Gasteiger partial charge in [-0.1, -0.05) is 77.8 Å². The molecular weight excluding hydrogens is 579 g/mol. The van der Waals surface area contributed by atoms with Gasteiger partial charge in [-0.2, -0.15) is 5.26 Å². The Morgan fingerprint density at radius 1 is 0.976 bits per heavy atom. The van der Waals surface area contributed by atoms with Crippen molar-refractivity contribution in [2.24, 2.45) is 5.73 Å². The average molecular weight is 599 g/mol. The smallest absolute Gasteiger partial charge is 0.355 e. The second-order valence-electron chi connectivity index (χ2n) is 9.25. The van der Waals surface area contributed by atoms with Crippen molar-refractivity contribution in [2.45, 2.75) is 12.5 Å². The highest BCUT2D eigenvalue weighted by atomic mass is 35.5. The van der Waals surface area contributed by atoms with Crippen LogP contribution in [-0.4, -0.2) is 5.97 Å². The molecule has 0 saturated carbocycles. The quantitative estimate of drug-likeness (QED) is 0.156. The minimum Gasteiger partial charge on any atom is -0.489 e. The van der Waals surface area contributed by atoms with Gasteiger partial charge in [-0.15, -0.1) is 11.3 Å². The molecule has 0 bridgehead atoms. The summed E-state index contributed by atoms with van der Waals surface area (Å²) in [7, 11) is 0. The number of halogens is 2. The van der Waals surface area contributed by atoms with Crippen molar-refractivity contribution >= 4 is 50.6 Å². The van der Waals surface area contributed by atoms with Crippen LogP contribution in [0.15, 0.2) is 102 Å². The minimum atomic E-state index is -0.607. The van der Waals surface area contributed by atoms with Gasteiger partial charge in [-0.25, -0.2) is 4.79 Å². The van der Waals surface area contributed by atoms with Crippen LogP contribution in [0.5, 0.6) is 17.2 Å². The van der Waals surface area contributed by atoms with Gasteiger partial charge in [-0.3, -0.25) is 0 Å². The normalized spacial score (nSPS) is 14.2. The summed E-state index contributed by atoms with van der Waals surface area (Å²) < 4.78 is 18.3. The molecule has 0 spiro atoms. The summed E-state index contributed by atoms with van der Waals surface area (Å²) in [6.45, 7) is 0.406. The van der Waals surface area contributed by atoms with E-state index in [1.54, 1.807) is 36.4 Å². The van der Waals surface area contributed by atoms with E-state index in [9.17, 15) is 10.1 Å². The van der Waals surface area contributed by atoms with Crippen LogP contribution in [0, 0.1) is 11.3 Å². The number of hydrogen-bond donors (Lipinski definition) is 1. The highest BCUT2D eigenvalue weighted by Gasteiger charge is 2.31. The molecule has 5 aromatic rings. The summed E-state index contributed by atoms with van der Waals surface area (Å²) in [4.78, 5) is 13.3. The van der Waals surface area contributed by atoms with Gasteiger partial charge in [-0.05, 0) is 41.5 Å². The standard InChI is InChI=1S/C32H20Cl2N2O4S/c33-20-9-11-24-27(14-20)41-30(29(24)34)32(37)39-22-10-12-23-26(15-22)40-31(36)25(16-35)28(23)19-7-4-8-21(13-19)38-17-18-5-2-1-3-6-18/h1-15,28H,17,36H2. The Labute approximate surface area is 249 Å². The molecule has 6 nitrogen and oxygen atoms in total. The second-order valence-corrected chi connectivity index (χ2v) is 11.1. The largest absolute Gasteiger partial charge is 0.489 e. The van der Waals surface area contributed by atoms with Crippen molar-refractivity contribution in [2.75, 3.05) is 0 Å². The molecule has 1 unspecified atom stereocenters. The predicted molar refractivity (Wildman–Crippen MR) is 160 cm³/mol. The molecule has 1 aliphatic rings. The molecule has 4 aromatic carbocycles. The molecule has 1 aliphatic heterocycles. The highest BCUT2D eigenvalue weighted by Crippen LogP contribution is 2.44. The molecule has 0 amide bonds. The Bertz CT molecular complexity index is 1880. The van der Waals surface area contributed by atoms with Gasteiger partial charge >= 0.3 is 5.97 Å². The summed E-state index contributed by atoms with van der Waals surface area (Å²) in [5.41, 5.74) is 9.01. The molecule has 1 aromatic heterocycles. The first-order chi connectivity index (χ1) is 19.9. The van der Waals surface area contributed by atoms with E-state index in [1.165, 1.54) is 11.3 Å². The number of thiophene rings is 1. The van der Waals surface area contributed by atoms with Gasteiger partial charge in [0.15, 0.2) is 0 Å². The topological polar surface area (TPSA) is 94.6 Å². The molecule has 0 fully saturated rings. The fourth-order valence-corrected chi connectivity index (χ4v) is 6.35. The maximum atomic E-state index is 13.0. The number of benzene rings is 4. The van der Waals surface area contributed by atoms with Gasteiger partial charge in [0.25, 0.3) is 0 Å². The lowest BCUT2D eigenvalue weighted by atomic mass is 9.83. The van der Waals surface area contributed by atoms with Crippen LogP contribution in [0.25, 0.3) is 10.1 Å². The van der Waals surface area contributed by atoms with Gasteiger partial charge in [0.05, 0.1) is 10.9 Å². The van der Waals surface area contributed by atoms with E-state index in [0.717, 1.165) is 21.2 Å². The summed E-state index contributed by atoms with van der Waals surface area (Å²) in [5, 5.41) is 11.5. The van der Waals surface area contributed by atoms with E-state index in [0.29, 0.717) is 33.7 Å². The predicted octanol–water partition coefficient (Wildman–Crippen LogP) is 8.22. The van der Waals surface area contributed by atoms with E-state index < -0.39 is 11.9 Å². The zero-order chi connectivity index (χ0) is 28.5. The van der Waals surface area contributed by atoms with Gasteiger partial charge in [0, 0.05) is 26.7 Å². The Morgan fingerprint density at radius 2 is 1.80 bits per heavy atom. The number of nitrogens with zero attached hydrogens (tertiary/aromatic N) is 1. The third kappa shape index (κ3) is 5.33. The second kappa shape index (κ2) is 11.2. The fourth-order valence-electron chi connectivity index (χ4n) is 4.69. The minimum absolute atomic E-state index is 0.0199. The summed E-state index contributed by atoms with van der Waals surface area (Å²) in [6.07, 6.45) is 0. The van der Waals surface area contributed by atoms with Crippen LogP contribution in [0.2, 0.25) is 10.0 Å². The van der Waals surface area contributed by atoms with Crippen LogP contribution in [0.3, 0.4) is 0 Å². The molecule has 202 valence electrons. The number of rotatable bonds is 6. The Kier molecular flexibility index (Phi) is 7.29. The molecule has 41 heavy (non-hydrogen) atoms. The number of ether oxygens (including phenoxy) is 3. The number of carbonyl (C=O) groups excluding carboxylic acids is 1. The highest BCUT2D eigenvalue weighted by molar-refractivity contribution is 7.21. The van der Waals surface area contributed by atoms with Crippen LogP contribution < -0.4 is 19.9 Å². The molecule has 1 atom stereocenters. The number of allylic oxidation sites excluding steroid dienone is 1. The first-order valence-electron chi connectivity index (χ1n) is 12.5. The third-order valence-corrected chi connectivity index (χ3v) is 8.49. The van der Waals surface area contributed by atoms with Crippen molar-refractivity contribution in [1.29, 1.82) is 5.26 Å². The van der Waals surface area contributed by atoms with Crippen LogP contribution in [0.4, 0.5) is 0 Å². The van der Waals surface area contributed by atoms with Crippen LogP contribution in [0.1, 0.15) is 32.3 Å². The van der Waals surface area contributed by atoms with Crippen molar-refractivity contribution in [1.82, 2.24) is 0 Å². The van der Waals surface area contributed by atoms with Crippen molar-refractivity contribution in [3.05, 3.63) is 134 Å². The first kappa shape index (κ1) is 26.7. The van der Waals surface area contributed by atoms with Crippen LogP contribution in [-0.2, 0) is 6.61 Å². The van der Waals surface area contributed by atoms with Gasteiger partial charge in [0.1, 0.15) is 40.4 Å². The lowest BCUT2D eigenvalue weighted by molar-refractivity contribution is 0.0740. The first-order valence-corrected chi connectivity index (χ1v) is 14.1.